The van der Waals surface area contributed by atoms with Gasteiger partial charge in [-0.25, -0.2) is 13.6 Å². The van der Waals surface area contributed by atoms with Crippen LogP contribution in [0.1, 0.15) is 69.4 Å². The maximum absolute atomic E-state index is 16.4. The number of aromatic nitrogens is 2. The maximum atomic E-state index is 16.4. The number of methoxy groups -OCH3 is 1. The Balaban J connectivity index is 1.54. The van der Waals surface area contributed by atoms with Crippen molar-refractivity contribution in [1.29, 1.82) is 0 Å². The lowest BCUT2D eigenvalue weighted by atomic mass is 9.77. The summed E-state index contributed by atoms with van der Waals surface area (Å²) in [5.74, 6) is 0.949. The molecule has 0 spiro atoms. The summed E-state index contributed by atoms with van der Waals surface area (Å²) in [7, 11) is 1.61. The van der Waals surface area contributed by atoms with Crippen LogP contribution in [0.3, 0.4) is 0 Å². The zero-order chi connectivity index (χ0) is 34.9. The number of halogens is 2. The first-order chi connectivity index (χ1) is 23.8. The number of hydrogen-bond donors (Lipinski definition) is 1. The highest BCUT2D eigenvalue weighted by Crippen LogP contribution is 2.44. The van der Waals surface area contributed by atoms with E-state index in [1.165, 1.54) is 13.1 Å². The Kier molecular flexibility index (Phi) is 12.2. The molecule has 1 aliphatic rings. The van der Waals surface area contributed by atoms with E-state index in [9.17, 15) is 4.79 Å². The van der Waals surface area contributed by atoms with E-state index in [0.29, 0.717) is 18.8 Å². The fraction of sp³-hybridized carbons (Fsp3) is 0.436. The molecule has 0 radical (unpaired) electrons. The molecular formula is C39H47F2N3O5. The van der Waals surface area contributed by atoms with E-state index in [1.54, 1.807) is 13.2 Å². The van der Waals surface area contributed by atoms with Gasteiger partial charge in [0.05, 0.1) is 13.7 Å². The molecule has 5 atom stereocenters. The molecule has 0 aliphatic carbocycles. The number of rotatable bonds is 17. The summed E-state index contributed by atoms with van der Waals surface area (Å²) >= 11 is 0. The van der Waals surface area contributed by atoms with Crippen molar-refractivity contribution in [3.63, 3.8) is 0 Å². The van der Waals surface area contributed by atoms with Crippen LogP contribution >= 0.6 is 0 Å². The molecule has 5 rings (SSSR count). The predicted molar refractivity (Wildman–Crippen MR) is 187 cm³/mol. The molecule has 3 aromatic carbocycles. The van der Waals surface area contributed by atoms with Crippen molar-refractivity contribution in [3.05, 3.63) is 124 Å². The summed E-state index contributed by atoms with van der Waals surface area (Å²) in [6.45, 7) is 5.71. The number of nitrogens with one attached hydrogen (secondary N) is 1. The highest BCUT2D eigenvalue weighted by atomic mass is 19.1. The Morgan fingerprint density at radius 3 is 2.06 bits per heavy atom. The third-order valence-corrected chi connectivity index (χ3v) is 9.18. The second kappa shape index (κ2) is 16.5. The molecule has 0 amide bonds. The Labute approximate surface area is 287 Å². The van der Waals surface area contributed by atoms with Gasteiger partial charge in [0.2, 0.25) is 0 Å². The zero-order valence-electron chi connectivity index (χ0n) is 28.7. The highest BCUT2D eigenvalue weighted by Gasteiger charge is 2.61. The predicted octanol–water partition coefficient (Wildman–Crippen LogP) is 7.62. The average Bonchev–Trinajstić information content (AvgIpc) is 3.41. The van der Waals surface area contributed by atoms with Crippen LogP contribution in [0, 0.1) is 0 Å². The van der Waals surface area contributed by atoms with Crippen molar-refractivity contribution in [2.45, 2.75) is 82.3 Å². The Morgan fingerprint density at radius 2 is 1.51 bits per heavy atom. The van der Waals surface area contributed by atoms with Crippen LogP contribution in [0.15, 0.2) is 102 Å². The average molecular weight is 676 g/mol. The number of alkyl halides is 2. The fourth-order valence-corrected chi connectivity index (χ4v) is 6.40. The molecule has 262 valence electrons. The molecule has 49 heavy (non-hydrogen) atoms. The van der Waals surface area contributed by atoms with Crippen molar-refractivity contribution < 1.29 is 27.7 Å². The molecule has 1 saturated heterocycles. The molecule has 1 N–H and O–H groups in total. The minimum Gasteiger partial charge on any atom is -0.497 e. The van der Waals surface area contributed by atoms with Gasteiger partial charge in [0, 0.05) is 19.4 Å². The standard InChI is InChI=1S/C39H47F2N3O5/c1-5-7-25-47-27-38(28(3)40)35(48-26-8-6-2)34(41)36(49-38)44-24-23-33(42-37(44)45)43-39(29-15-11-9-12-16-29,30-17-13-10-14-18-30)31-19-21-32(46-4)22-20-31/h9-24,28,34-36H,5-8,25-27H2,1-4H3,(H,42,43,45)/t28?,34-,35+,36-,38+/m1/s1. The lowest BCUT2D eigenvalue weighted by Crippen LogP contribution is -2.54. The van der Waals surface area contributed by atoms with E-state index in [2.05, 4.69) is 10.3 Å². The molecule has 1 aliphatic heterocycles. The van der Waals surface area contributed by atoms with Crippen LogP contribution in [0.4, 0.5) is 14.6 Å². The normalized spacial score (nSPS) is 21.4. The van der Waals surface area contributed by atoms with Crippen molar-refractivity contribution in [1.82, 2.24) is 9.55 Å². The third kappa shape index (κ3) is 7.56. The molecular weight excluding hydrogens is 628 g/mol. The molecule has 0 bridgehead atoms. The van der Waals surface area contributed by atoms with Crippen molar-refractivity contribution >= 4 is 5.82 Å². The highest BCUT2D eigenvalue weighted by molar-refractivity contribution is 5.58. The summed E-state index contributed by atoms with van der Waals surface area (Å²) in [5, 5.41) is 3.56. The monoisotopic (exact) mass is 675 g/mol. The Hall–Kier alpha value is -4.12. The van der Waals surface area contributed by atoms with Crippen molar-refractivity contribution in [2.75, 3.05) is 32.2 Å². The number of ether oxygens (including phenoxy) is 4. The number of unbranched alkanes of at least 4 members (excludes halogenated alkanes) is 2. The first kappa shape index (κ1) is 36.2. The van der Waals surface area contributed by atoms with E-state index in [1.807, 2.05) is 98.8 Å². The van der Waals surface area contributed by atoms with E-state index in [4.69, 9.17) is 18.9 Å². The van der Waals surface area contributed by atoms with Crippen molar-refractivity contribution in [2.24, 2.45) is 0 Å². The van der Waals surface area contributed by atoms with Crippen molar-refractivity contribution in [3.8, 4) is 5.75 Å². The molecule has 1 aromatic heterocycles. The fourth-order valence-electron chi connectivity index (χ4n) is 6.40. The van der Waals surface area contributed by atoms with Crippen LogP contribution in [-0.4, -0.2) is 60.5 Å². The summed E-state index contributed by atoms with van der Waals surface area (Å²) < 4.78 is 56.3. The van der Waals surface area contributed by atoms with E-state index in [-0.39, 0.29) is 19.0 Å². The summed E-state index contributed by atoms with van der Waals surface area (Å²) in [4.78, 5) is 18.2. The third-order valence-electron chi connectivity index (χ3n) is 9.18. The van der Waals surface area contributed by atoms with Gasteiger partial charge in [0.25, 0.3) is 0 Å². The molecule has 4 aromatic rings. The molecule has 8 nitrogen and oxygen atoms in total. The smallest absolute Gasteiger partial charge is 0.351 e. The largest absolute Gasteiger partial charge is 0.497 e. The first-order valence-electron chi connectivity index (χ1n) is 17.1. The molecule has 2 heterocycles. The number of benzene rings is 3. The number of nitrogens with zero attached hydrogens (tertiary/aromatic N) is 2. The van der Waals surface area contributed by atoms with Gasteiger partial charge >= 0.3 is 5.69 Å². The molecule has 0 saturated carbocycles. The lowest BCUT2D eigenvalue weighted by molar-refractivity contribution is -0.181. The minimum atomic E-state index is -1.85. The summed E-state index contributed by atoms with van der Waals surface area (Å²) in [5.41, 5.74) is -0.819. The second-order valence-electron chi connectivity index (χ2n) is 12.4. The number of hydrogen-bond acceptors (Lipinski definition) is 7. The van der Waals surface area contributed by atoms with E-state index >= 15 is 8.78 Å². The van der Waals surface area contributed by atoms with Gasteiger partial charge in [0.15, 0.2) is 18.0 Å². The topological polar surface area (TPSA) is 83.8 Å². The van der Waals surface area contributed by atoms with E-state index in [0.717, 1.165) is 40.5 Å². The first-order valence-corrected chi connectivity index (χ1v) is 17.1. The SMILES string of the molecule is CCCCOC[C@@]1(C(C)F)O[C@@H](n2ccc(NC(c3ccccc3)(c3ccccc3)c3ccc(OC)cc3)nc2=O)[C@H](F)[C@@H]1OCCCC. The van der Waals surface area contributed by atoms with Crippen LogP contribution in [0.25, 0.3) is 0 Å². The Bertz CT molecular complexity index is 1620. The van der Waals surface area contributed by atoms with Crippen LogP contribution in [0.2, 0.25) is 0 Å². The summed E-state index contributed by atoms with van der Waals surface area (Å²) in [6, 6.07) is 29.0. The molecule has 10 heteroatoms. The van der Waals surface area contributed by atoms with Gasteiger partial charge in [-0.15, -0.1) is 0 Å². The van der Waals surface area contributed by atoms with Gasteiger partial charge in [-0.3, -0.25) is 4.57 Å². The van der Waals surface area contributed by atoms with E-state index < -0.39 is 41.5 Å². The minimum absolute atomic E-state index is 0.210. The summed E-state index contributed by atoms with van der Waals surface area (Å²) in [6.07, 6.45) is -1.67. The van der Waals surface area contributed by atoms with Gasteiger partial charge < -0.3 is 24.3 Å². The van der Waals surface area contributed by atoms with Crippen LogP contribution in [0.5, 0.6) is 5.75 Å². The number of anilines is 1. The lowest BCUT2D eigenvalue weighted by Gasteiger charge is -2.37. The van der Waals surface area contributed by atoms with Gasteiger partial charge in [-0.05, 0) is 54.7 Å². The molecule has 1 fully saturated rings. The Morgan fingerprint density at radius 1 is 0.918 bits per heavy atom. The quantitative estimate of drug-likeness (QED) is 0.0911. The van der Waals surface area contributed by atoms with Gasteiger partial charge in [-0.1, -0.05) is 99.5 Å². The van der Waals surface area contributed by atoms with Gasteiger partial charge in [0.1, 0.15) is 29.4 Å². The van der Waals surface area contributed by atoms with Crippen LogP contribution in [-0.2, 0) is 19.7 Å². The maximum Gasteiger partial charge on any atom is 0.351 e. The van der Waals surface area contributed by atoms with Gasteiger partial charge in [-0.2, -0.15) is 4.98 Å². The molecule has 1 unspecified atom stereocenters. The van der Waals surface area contributed by atoms with Crippen LogP contribution < -0.4 is 15.7 Å². The zero-order valence-corrected chi connectivity index (χ0v) is 28.7. The second-order valence-corrected chi connectivity index (χ2v) is 12.4.